The van der Waals surface area contributed by atoms with E-state index in [1.54, 1.807) is 14.0 Å². The van der Waals surface area contributed by atoms with Gasteiger partial charge >= 0.3 is 0 Å². The fourth-order valence-electron chi connectivity index (χ4n) is 1.27. The van der Waals surface area contributed by atoms with Gasteiger partial charge in [-0.1, -0.05) is 0 Å². The molecule has 0 radical (unpaired) electrons. The van der Waals surface area contributed by atoms with E-state index in [2.05, 4.69) is 15.3 Å². The topological polar surface area (TPSA) is 82.3 Å². The highest BCUT2D eigenvalue weighted by molar-refractivity contribution is 5.66. The number of hydrogen-bond acceptors (Lipinski definition) is 6. The van der Waals surface area contributed by atoms with Gasteiger partial charge in [0, 0.05) is 20.3 Å². The molecule has 0 aliphatic carbocycles. The monoisotopic (exact) mass is 226 g/mol. The third-order valence-corrected chi connectivity index (χ3v) is 2.03. The summed E-state index contributed by atoms with van der Waals surface area (Å²) in [6.45, 7) is 3.24. The van der Waals surface area contributed by atoms with Crippen molar-refractivity contribution in [2.75, 3.05) is 38.4 Å². The first-order valence-corrected chi connectivity index (χ1v) is 5.10. The van der Waals surface area contributed by atoms with E-state index in [4.69, 9.17) is 15.2 Å². The minimum Gasteiger partial charge on any atom is -0.479 e. The van der Waals surface area contributed by atoms with Crippen LogP contribution >= 0.6 is 0 Å². The molecule has 0 aliphatic heterocycles. The largest absolute Gasteiger partial charge is 0.479 e. The molecular weight excluding hydrogens is 208 g/mol. The van der Waals surface area contributed by atoms with Gasteiger partial charge in [0.2, 0.25) is 5.88 Å². The van der Waals surface area contributed by atoms with Crippen molar-refractivity contribution in [3.63, 3.8) is 0 Å². The SMILES string of the molecule is COCCCNc1nc(C)nc(OC)c1N. The smallest absolute Gasteiger partial charge is 0.242 e. The Morgan fingerprint density at radius 1 is 1.31 bits per heavy atom. The summed E-state index contributed by atoms with van der Waals surface area (Å²) in [7, 11) is 3.21. The summed E-state index contributed by atoms with van der Waals surface area (Å²) in [5, 5.41) is 3.13. The normalized spacial score (nSPS) is 10.2. The predicted octanol–water partition coefficient (Wildman–Crippen LogP) is 0.824. The molecule has 0 aromatic carbocycles. The highest BCUT2D eigenvalue weighted by atomic mass is 16.5. The first-order chi connectivity index (χ1) is 7.69. The fraction of sp³-hybridized carbons (Fsp3) is 0.600. The quantitative estimate of drug-likeness (QED) is 0.699. The van der Waals surface area contributed by atoms with E-state index in [1.165, 1.54) is 7.11 Å². The van der Waals surface area contributed by atoms with Gasteiger partial charge < -0.3 is 20.5 Å². The van der Waals surface area contributed by atoms with Crippen LogP contribution in [0.5, 0.6) is 5.88 Å². The van der Waals surface area contributed by atoms with Gasteiger partial charge in [-0.25, -0.2) is 4.98 Å². The Kier molecular flexibility index (Phi) is 4.78. The first kappa shape index (κ1) is 12.5. The van der Waals surface area contributed by atoms with Crippen LogP contribution in [0.1, 0.15) is 12.2 Å². The number of nitrogens with zero attached hydrogens (tertiary/aromatic N) is 2. The number of nitrogens with two attached hydrogens (primary N) is 1. The van der Waals surface area contributed by atoms with Gasteiger partial charge in [0.25, 0.3) is 0 Å². The van der Waals surface area contributed by atoms with Gasteiger partial charge in [-0.15, -0.1) is 0 Å². The van der Waals surface area contributed by atoms with Crippen molar-refractivity contribution < 1.29 is 9.47 Å². The molecule has 1 heterocycles. The number of anilines is 2. The number of ether oxygens (including phenoxy) is 2. The maximum absolute atomic E-state index is 5.83. The van der Waals surface area contributed by atoms with E-state index in [1.807, 2.05) is 0 Å². The second-order valence-electron chi connectivity index (χ2n) is 3.32. The van der Waals surface area contributed by atoms with Crippen molar-refractivity contribution in [1.29, 1.82) is 0 Å². The van der Waals surface area contributed by atoms with Crippen molar-refractivity contribution in [2.24, 2.45) is 0 Å². The molecule has 0 aliphatic rings. The van der Waals surface area contributed by atoms with Crippen LogP contribution in [0.15, 0.2) is 0 Å². The van der Waals surface area contributed by atoms with Gasteiger partial charge in [-0.05, 0) is 13.3 Å². The molecule has 1 aromatic heterocycles. The van der Waals surface area contributed by atoms with Gasteiger partial charge in [-0.3, -0.25) is 0 Å². The zero-order chi connectivity index (χ0) is 12.0. The van der Waals surface area contributed by atoms with Crippen LogP contribution in [0.2, 0.25) is 0 Å². The molecule has 3 N–H and O–H groups in total. The molecule has 0 bridgehead atoms. The van der Waals surface area contributed by atoms with Crippen LogP contribution in [0.3, 0.4) is 0 Å². The molecule has 0 saturated carbocycles. The lowest BCUT2D eigenvalue weighted by Gasteiger charge is -2.11. The molecule has 90 valence electrons. The fourth-order valence-corrected chi connectivity index (χ4v) is 1.27. The van der Waals surface area contributed by atoms with E-state index in [0.717, 1.165) is 13.0 Å². The van der Waals surface area contributed by atoms with Crippen LogP contribution in [0.4, 0.5) is 11.5 Å². The van der Waals surface area contributed by atoms with E-state index in [9.17, 15) is 0 Å². The second-order valence-corrected chi connectivity index (χ2v) is 3.32. The highest BCUT2D eigenvalue weighted by Gasteiger charge is 2.09. The van der Waals surface area contributed by atoms with Gasteiger partial charge in [0.1, 0.15) is 11.5 Å². The van der Waals surface area contributed by atoms with Crippen molar-refractivity contribution in [3.05, 3.63) is 5.82 Å². The zero-order valence-corrected chi connectivity index (χ0v) is 9.91. The molecule has 0 atom stereocenters. The molecule has 6 nitrogen and oxygen atoms in total. The van der Waals surface area contributed by atoms with E-state index < -0.39 is 0 Å². The van der Waals surface area contributed by atoms with Gasteiger partial charge in [-0.2, -0.15) is 4.98 Å². The molecule has 1 rings (SSSR count). The Balaban J connectivity index is 2.67. The molecular formula is C10H18N4O2. The number of hydrogen-bond donors (Lipinski definition) is 2. The standard InChI is InChI=1S/C10H18N4O2/c1-7-13-9(12-5-4-6-15-2)8(11)10(14-7)16-3/h4-6,11H2,1-3H3,(H,12,13,14). The minimum absolute atomic E-state index is 0.404. The second kappa shape index (κ2) is 6.12. The summed E-state index contributed by atoms with van der Waals surface area (Å²) in [5.41, 5.74) is 6.27. The zero-order valence-electron chi connectivity index (χ0n) is 9.91. The highest BCUT2D eigenvalue weighted by Crippen LogP contribution is 2.25. The molecule has 0 spiro atoms. The third-order valence-electron chi connectivity index (χ3n) is 2.03. The number of aryl methyl sites for hydroxylation is 1. The number of rotatable bonds is 6. The Morgan fingerprint density at radius 3 is 2.69 bits per heavy atom. The lowest BCUT2D eigenvalue weighted by Crippen LogP contribution is -2.10. The maximum Gasteiger partial charge on any atom is 0.242 e. The van der Waals surface area contributed by atoms with Crippen LogP contribution in [-0.2, 0) is 4.74 Å². The lowest BCUT2D eigenvalue weighted by atomic mass is 10.4. The summed E-state index contributed by atoms with van der Waals surface area (Å²) in [6, 6.07) is 0. The van der Waals surface area contributed by atoms with Crippen molar-refractivity contribution in [3.8, 4) is 5.88 Å². The average molecular weight is 226 g/mol. The van der Waals surface area contributed by atoms with E-state index >= 15 is 0 Å². The molecule has 0 saturated heterocycles. The molecule has 6 heteroatoms. The maximum atomic E-state index is 5.83. The van der Waals surface area contributed by atoms with Gasteiger partial charge in [0.15, 0.2) is 5.82 Å². The predicted molar refractivity (Wildman–Crippen MR) is 62.7 cm³/mol. The Bertz CT molecular complexity index is 344. The first-order valence-electron chi connectivity index (χ1n) is 5.10. The van der Waals surface area contributed by atoms with Crippen LogP contribution in [-0.4, -0.2) is 37.3 Å². The molecule has 16 heavy (non-hydrogen) atoms. The lowest BCUT2D eigenvalue weighted by molar-refractivity contribution is 0.198. The molecule has 1 aromatic rings. The van der Waals surface area contributed by atoms with Crippen LogP contribution in [0, 0.1) is 6.92 Å². The van der Waals surface area contributed by atoms with Gasteiger partial charge in [0.05, 0.1) is 7.11 Å². The van der Waals surface area contributed by atoms with E-state index in [0.29, 0.717) is 29.8 Å². The Hall–Kier alpha value is -1.56. The summed E-state index contributed by atoms with van der Waals surface area (Å²) in [4.78, 5) is 8.28. The number of methoxy groups -OCH3 is 2. The molecule has 0 amide bonds. The third kappa shape index (κ3) is 3.23. The van der Waals surface area contributed by atoms with Crippen molar-refractivity contribution in [1.82, 2.24) is 9.97 Å². The van der Waals surface area contributed by atoms with Crippen molar-refractivity contribution >= 4 is 11.5 Å². The summed E-state index contributed by atoms with van der Waals surface area (Å²) >= 11 is 0. The van der Waals surface area contributed by atoms with Crippen LogP contribution < -0.4 is 15.8 Å². The summed E-state index contributed by atoms with van der Waals surface area (Å²) in [5.74, 6) is 1.64. The molecule has 0 unspecified atom stereocenters. The van der Waals surface area contributed by atoms with Crippen molar-refractivity contribution in [2.45, 2.75) is 13.3 Å². The van der Waals surface area contributed by atoms with E-state index in [-0.39, 0.29) is 0 Å². The average Bonchev–Trinajstić information content (AvgIpc) is 2.28. The number of aromatic nitrogens is 2. The number of nitrogens with one attached hydrogen (secondary N) is 1. The minimum atomic E-state index is 0.404. The Morgan fingerprint density at radius 2 is 2.06 bits per heavy atom. The summed E-state index contributed by atoms with van der Waals surface area (Å²) < 4.78 is 10.0. The Labute approximate surface area is 95.2 Å². The number of nitrogen functional groups attached to an aromatic ring is 1. The van der Waals surface area contributed by atoms with Crippen LogP contribution in [0.25, 0.3) is 0 Å². The summed E-state index contributed by atoms with van der Waals surface area (Å²) in [6.07, 6.45) is 0.890. The molecule has 0 fully saturated rings.